The van der Waals surface area contributed by atoms with Gasteiger partial charge in [0.05, 0.1) is 13.0 Å². The predicted octanol–water partition coefficient (Wildman–Crippen LogP) is 5.27. The van der Waals surface area contributed by atoms with Gasteiger partial charge in [0.25, 0.3) is 0 Å². The quantitative estimate of drug-likeness (QED) is 0.446. The summed E-state index contributed by atoms with van der Waals surface area (Å²) in [6, 6.07) is 15.8. The van der Waals surface area contributed by atoms with Crippen molar-refractivity contribution in [1.29, 1.82) is 0 Å². The lowest BCUT2D eigenvalue weighted by Gasteiger charge is -2.17. The van der Waals surface area contributed by atoms with Crippen LogP contribution in [0.1, 0.15) is 54.0 Å². The standard InChI is InChI=1S/C28H26FNO6/c1-16(31)30-14-17-3-2-4-19(11-17)35-24-10-8-23(29)28-22(24)7-9-25(28)36-20-5-6-21-18(12-27(32)33)15-34-26(21)13-20/h2-6,8,10-11,13,18,25H,7,9,12,14-15H2,1H3,(H,30,31)(H,32,33). The molecule has 5 rings (SSSR count). The number of carboxylic acids is 1. The van der Waals surface area contributed by atoms with Crippen LogP contribution in [0.2, 0.25) is 0 Å². The average Bonchev–Trinajstić information content (AvgIpc) is 3.44. The van der Waals surface area contributed by atoms with Gasteiger partial charge in [-0.1, -0.05) is 18.2 Å². The molecule has 1 heterocycles. The number of ether oxygens (including phenoxy) is 3. The molecule has 0 radical (unpaired) electrons. The van der Waals surface area contributed by atoms with E-state index >= 15 is 0 Å². The molecule has 3 aromatic rings. The van der Waals surface area contributed by atoms with Gasteiger partial charge >= 0.3 is 5.97 Å². The minimum absolute atomic E-state index is 0.00728. The van der Waals surface area contributed by atoms with E-state index in [4.69, 9.17) is 19.3 Å². The molecule has 3 aromatic carbocycles. The Kier molecular flexibility index (Phi) is 6.50. The second-order valence-corrected chi connectivity index (χ2v) is 9.05. The first-order valence-electron chi connectivity index (χ1n) is 11.8. The lowest BCUT2D eigenvalue weighted by Crippen LogP contribution is -2.18. The maximum atomic E-state index is 14.9. The van der Waals surface area contributed by atoms with E-state index < -0.39 is 12.1 Å². The van der Waals surface area contributed by atoms with E-state index in [0.717, 1.165) is 16.7 Å². The third kappa shape index (κ3) is 4.98. The van der Waals surface area contributed by atoms with Crippen molar-refractivity contribution in [3.63, 3.8) is 0 Å². The molecule has 0 saturated heterocycles. The molecule has 0 aromatic heterocycles. The van der Waals surface area contributed by atoms with Crippen molar-refractivity contribution in [3.8, 4) is 23.0 Å². The Hall–Kier alpha value is -4.07. The molecular weight excluding hydrogens is 465 g/mol. The van der Waals surface area contributed by atoms with Crippen molar-refractivity contribution in [1.82, 2.24) is 5.32 Å². The SMILES string of the molecule is CC(=O)NCc1cccc(Oc2ccc(F)c3c2CCC3Oc2ccc3c(c2)OCC3CC(=O)O)c1. The van der Waals surface area contributed by atoms with Crippen molar-refractivity contribution in [2.75, 3.05) is 6.61 Å². The smallest absolute Gasteiger partial charge is 0.304 e. The number of rotatable bonds is 8. The van der Waals surface area contributed by atoms with Crippen LogP contribution in [-0.4, -0.2) is 23.6 Å². The van der Waals surface area contributed by atoms with Crippen LogP contribution in [-0.2, 0) is 22.6 Å². The molecule has 1 aliphatic heterocycles. The molecule has 36 heavy (non-hydrogen) atoms. The van der Waals surface area contributed by atoms with Gasteiger partial charge in [-0.05, 0) is 48.7 Å². The summed E-state index contributed by atoms with van der Waals surface area (Å²) in [5, 5.41) is 11.9. The zero-order valence-corrected chi connectivity index (χ0v) is 19.8. The third-order valence-corrected chi connectivity index (χ3v) is 6.47. The van der Waals surface area contributed by atoms with E-state index in [1.807, 2.05) is 30.3 Å². The Bertz CT molecular complexity index is 1320. The normalized spacial score (nSPS) is 17.6. The number of fused-ring (bicyclic) bond motifs is 2. The van der Waals surface area contributed by atoms with Gasteiger partial charge in [0.2, 0.25) is 5.91 Å². The summed E-state index contributed by atoms with van der Waals surface area (Å²) in [5.74, 6) is 0.801. The molecule has 0 saturated carbocycles. The first-order valence-corrected chi connectivity index (χ1v) is 11.8. The van der Waals surface area contributed by atoms with E-state index in [0.29, 0.717) is 54.6 Å². The van der Waals surface area contributed by atoms with Crippen molar-refractivity contribution in [2.45, 2.75) is 44.8 Å². The summed E-state index contributed by atoms with van der Waals surface area (Å²) in [6.45, 7) is 2.18. The van der Waals surface area contributed by atoms with E-state index in [1.54, 1.807) is 18.2 Å². The fourth-order valence-corrected chi connectivity index (χ4v) is 4.80. The Balaban J connectivity index is 1.33. The molecule has 7 nitrogen and oxygen atoms in total. The van der Waals surface area contributed by atoms with E-state index in [-0.39, 0.29) is 24.1 Å². The molecular formula is C28H26FNO6. The molecule has 2 aliphatic rings. The molecule has 186 valence electrons. The molecule has 0 bridgehead atoms. The van der Waals surface area contributed by atoms with Crippen LogP contribution in [0.3, 0.4) is 0 Å². The Morgan fingerprint density at radius 3 is 2.81 bits per heavy atom. The molecule has 0 spiro atoms. The highest BCUT2D eigenvalue weighted by molar-refractivity contribution is 5.72. The molecule has 1 amide bonds. The summed E-state index contributed by atoms with van der Waals surface area (Å²) < 4.78 is 32.9. The summed E-state index contributed by atoms with van der Waals surface area (Å²) in [4.78, 5) is 22.3. The highest BCUT2D eigenvalue weighted by Gasteiger charge is 2.32. The largest absolute Gasteiger partial charge is 0.492 e. The van der Waals surface area contributed by atoms with Gasteiger partial charge in [0.15, 0.2) is 0 Å². The van der Waals surface area contributed by atoms with Crippen LogP contribution < -0.4 is 19.5 Å². The molecule has 8 heteroatoms. The van der Waals surface area contributed by atoms with Crippen molar-refractivity contribution < 1.29 is 33.3 Å². The monoisotopic (exact) mass is 491 g/mol. The number of carbonyl (C=O) groups excluding carboxylic acids is 1. The predicted molar refractivity (Wildman–Crippen MR) is 129 cm³/mol. The molecule has 0 fully saturated rings. The second kappa shape index (κ2) is 9.89. The number of carbonyl (C=O) groups is 2. The summed E-state index contributed by atoms with van der Waals surface area (Å²) >= 11 is 0. The van der Waals surface area contributed by atoms with Crippen LogP contribution in [0, 0.1) is 5.82 Å². The molecule has 2 atom stereocenters. The van der Waals surface area contributed by atoms with Gasteiger partial charge in [-0.25, -0.2) is 4.39 Å². The first kappa shape index (κ1) is 23.7. The van der Waals surface area contributed by atoms with E-state index in [9.17, 15) is 14.0 Å². The van der Waals surface area contributed by atoms with Gasteiger partial charge in [-0.15, -0.1) is 0 Å². The van der Waals surface area contributed by atoms with Gasteiger partial charge in [-0.2, -0.15) is 0 Å². The number of aliphatic carboxylic acids is 1. The number of nitrogens with one attached hydrogen (secondary N) is 1. The van der Waals surface area contributed by atoms with Crippen LogP contribution in [0.4, 0.5) is 4.39 Å². The lowest BCUT2D eigenvalue weighted by molar-refractivity contribution is -0.137. The van der Waals surface area contributed by atoms with Crippen molar-refractivity contribution in [2.24, 2.45) is 0 Å². The Labute approximate surface area is 207 Å². The fraction of sp³-hybridized carbons (Fsp3) is 0.286. The number of amides is 1. The zero-order valence-electron chi connectivity index (χ0n) is 19.8. The van der Waals surface area contributed by atoms with Gasteiger partial charge in [0, 0.05) is 42.1 Å². The number of carboxylic acid groups (broad SMARTS) is 1. The summed E-state index contributed by atoms with van der Waals surface area (Å²) in [5.41, 5.74) is 2.99. The molecule has 1 aliphatic carbocycles. The van der Waals surface area contributed by atoms with E-state index in [1.165, 1.54) is 13.0 Å². The fourth-order valence-electron chi connectivity index (χ4n) is 4.80. The topological polar surface area (TPSA) is 94.1 Å². The van der Waals surface area contributed by atoms with Crippen LogP contribution in [0.5, 0.6) is 23.0 Å². The van der Waals surface area contributed by atoms with Crippen molar-refractivity contribution in [3.05, 3.63) is 82.7 Å². The lowest BCUT2D eigenvalue weighted by atomic mass is 9.98. The molecule has 2 unspecified atom stereocenters. The zero-order chi connectivity index (χ0) is 25.2. The van der Waals surface area contributed by atoms with Crippen LogP contribution >= 0.6 is 0 Å². The first-order chi connectivity index (χ1) is 17.4. The maximum absolute atomic E-state index is 14.9. The van der Waals surface area contributed by atoms with E-state index in [2.05, 4.69) is 5.32 Å². The number of hydrogen-bond donors (Lipinski definition) is 2. The summed E-state index contributed by atoms with van der Waals surface area (Å²) in [7, 11) is 0. The van der Waals surface area contributed by atoms with Crippen LogP contribution in [0.25, 0.3) is 0 Å². The minimum Gasteiger partial charge on any atom is -0.492 e. The third-order valence-electron chi connectivity index (χ3n) is 6.47. The second-order valence-electron chi connectivity index (χ2n) is 9.05. The average molecular weight is 492 g/mol. The number of halogens is 1. The minimum atomic E-state index is -0.868. The maximum Gasteiger partial charge on any atom is 0.304 e. The number of benzene rings is 3. The summed E-state index contributed by atoms with van der Waals surface area (Å²) in [6.07, 6.45) is 0.715. The Morgan fingerprint density at radius 2 is 2.00 bits per heavy atom. The van der Waals surface area contributed by atoms with Gasteiger partial charge in [-0.3, -0.25) is 9.59 Å². The van der Waals surface area contributed by atoms with Crippen LogP contribution in [0.15, 0.2) is 54.6 Å². The van der Waals surface area contributed by atoms with Gasteiger partial charge < -0.3 is 24.6 Å². The number of hydrogen-bond acceptors (Lipinski definition) is 5. The highest BCUT2D eigenvalue weighted by atomic mass is 19.1. The molecule has 2 N–H and O–H groups in total. The highest BCUT2D eigenvalue weighted by Crippen LogP contribution is 2.44. The Morgan fingerprint density at radius 1 is 1.14 bits per heavy atom. The van der Waals surface area contributed by atoms with Gasteiger partial charge in [0.1, 0.15) is 34.9 Å². The van der Waals surface area contributed by atoms with Crippen molar-refractivity contribution >= 4 is 11.9 Å².